The third-order valence-corrected chi connectivity index (χ3v) is 3.65. The first-order chi connectivity index (χ1) is 9.55. The van der Waals surface area contributed by atoms with Gasteiger partial charge in [-0.25, -0.2) is 4.79 Å². The summed E-state index contributed by atoms with van der Waals surface area (Å²) in [7, 11) is 0. The first kappa shape index (κ1) is 14.8. The van der Waals surface area contributed by atoms with Crippen LogP contribution in [0.5, 0.6) is 0 Å². The van der Waals surface area contributed by atoms with Crippen LogP contribution in [0.4, 0.5) is 4.79 Å². The lowest BCUT2D eigenvalue weighted by Gasteiger charge is -2.40. The molecule has 1 aliphatic heterocycles. The smallest absolute Gasteiger partial charge is 0.410 e. The number of carbonyl (C=O) groups excluding carboxylic acids is 1. The van der Waals surface area contributed by atoms with Crippen LogP contribution in [0.25, 0.3) is 0 Å². The summed E-state index contributed by atoms with van der Waals surface area (Å²) in [5, 5.41) is 19.9. The Morgan fingerprint density at radius 3 is 2.75 bits per heavy atom. The van der Waals surface area contributed by atoms with Crippen LogP contribution < -0.4 is 5.73 Å². The summed E-state index contributed by atoms with van der Waals surface area (Å²) in [5.41, 5.74) is 5.03. The largest absolute Gasteiger partial charge is 0.445 e. The summed E-state index contributed by atoms with van der Waals surface area (Å²) in [6.07, 6.45) is -1.30. The molecule has 1 saturated heterocycles. The number of nitrogens with zero attached hydrogens (tertiary/aromatic N) is 1. The zero-order valence-electron chi connectivity index (χ0n) is 11.2. The summed E-state index contributed by atoms with van der Waals surface area (Å²) in [5.74, 6) is 0. The molecule has 2 unspecified atom stereocenters. The number of hydrogen-bond acceptors (Lipinski definition) is 5. The fourth-order valence-electron chi connectivity index (χ4n) is 2.18. The highest BCUT2D eigenvalue weighted by Crippen LogP contribution is 2.22. The van der Waals surface area contributed by atoms with Crippen LogP contribution in [0.15, 0.2) is 30.3 Å². The lowest BCUT2D eigenvalue weighted by molar-refractivity contribution is -0.108. The minimum Gasteiger partial charge on any atom is -0.445 e. The summed E-state index contributed by atoms with van der Waals surface area (Å²) in [6.45, 7) is 0.508. The van der Waals surface area contributed by atoms with Crippen molar-refractivity contribution in [1.82, 2.24) is 4.90 Å². The average molecular weight is 280 g/mol. The first-order valence-corrected chi connectivity index (χ1v) is 6.61. The molecule has 0 spiro atoms. The van der Waals surface area contributed by atoms with E-state index >= 15 is 0 Å². The molecule has 1 fully saturated rings. The molecular formula is C14H20N2O4. The maximum atomic E-state index is 11.9. The van der Waals surface area contributed by atoms with Crippen molar-refractivity contribution in [1.29, 1.82) is 0 Å². The monoisotopic (exact) mass is 280 g/mol. The maximum absolute atomic E-state index is 11.9. The molecule has 0 bridgehead atoms. The van der Waals surface area contributed by atoms with E-state index in [4.69, 9.17) is 10.5 Å². The van der Waals surface area contributed by atoms with Crippen LogP contribution in [0.1, 0.15) is 12.0 Å². The summed E-state index contributed by atoms with van der Waals surface area (Å²) >= 11 is 0. The van der Waals surface area contributed by atoms with Gasteiger partial charge in [-0.3, -0.25) is 0 Å². The minimum absolute atomic E-state index is 0.0267. The van der Waals surface area contributed by atoms with E-state index in [0.717, 1.165) is 5.56 Å². The molecule has 2 atom stereocenters. The van der Waals surface area contributed by atoms with Gasteiger partial charge in [-0.1, -0.05) is 30.3 Å². The lowest BCUT2D eigenvalue weighted by atomic mass is 9.89. The Hall–Kier alpha value is -1.63. The number of ether oxygens (including phenoxy) is 1. The van der Waals surface area contributed by atoms with Crippen molar-refractivity contribution in [2.24, 2.45) is 5.73 Å². The van der Waals surface area contributed by atoms with E-state index in [1.807, 2.05) is 30.3 Å². The molecule has 1 aromatic carbocycles. The van der Waals surface area contributed by atoms with Gasteiger partial charge in [0.2, 0.25) is 0 Å². The molecule has 1 heterocycles. The highest BCUT2D eigenvalue weighted by molar-refractivity contribution is 5.67. The Balaban J connectivity index is 1.85. The molecule has 20 heavy (non-hydrogen) atoms. The number of carbonyl (C=O) groups is 1. The zero-order valence-corrected chi connectivity index (χ0v) is 11.2. The highest BCUT2D eigenvalue weighted by Gasteiger charge is 2.41. The third kappa shape index (κ3) is 3.27. The van der Waals surface area contributed by atoms with Gasteiger partial charge in [0, 0.05) is 13.1 Å². The summed E-state index contributed by atoms with van der Waals surface area (Å²) in [6, 6.07) is 9.36. The van der Waals surface area contributed by atoms with Crippen molar-refractivity contribution in [2.75, 3.05) is 19.6 Å². The van der Waals surface area contributed by atoms with E-state index in [9.17, 15) is 15.0 Å². The van der Waals surface area contributed by atoms with Crippen molar-refractivity contribution in [3.63, 3.8) is 0 Å². The number of β-amino-alcohol motifs (C(OH)–C–C–N with tert-alkyl or cyclic N) is 1. The van der Waals surface area contributed by atoms with Crippen molar-refractivity contribution < 1.29 is 19.7 Å². The molecule has 1 aliphatic rings. The molecule has 4 N–H and O–H groups in total. The van der Waals surface area contributed by atoms with Crippen LogP contribution in [0.3, 0.4) is 0 Å². The minimum atomic E-state index is -1.31. The van der Waals surface area contributed by atoms with E-state index in [1.165, 1.54) is 4.90 Å². The van der Waals surface area contributed by atoms with Gasteiger partial charge in [-0.2, -0.15) is 0 Å². The second kappa shape index (κ2) is 6.21. The first-order valence-electron chi connectivity index (χ1n) is 6.61. The Kier molecular flexibility index (Phi) is 4.59. The van der Waals surface area contributed by atoms with Crippen LogP contribution in [-0.2, 0) is 11.3 Å². The summed E-state index contributed by atoms with van der Waals surface area (Å²) in [4.78, 5) is 13.3. The van der Waals surface area contributed by atoms with E-state index in [-0.39, 0.29) is 26.1 Å². The quantitative estimate of drug-likeness (QED) is 0.728. The molecule has 0 aliphatic carbocycles. The number of benzene rings is 1. The van der Waals surface area contributed by atoms with Gasteiger partial charge >= 0.3 is 6.09 Å². The molecule has 1 amide bonds. The molecule has 0 saturated carbocycles. The average Bonchev–Trinajstić information content (AvgIpc) is 2.48. The Labute approximate surface area is 117 Å². The van der Waals surface area contributed by atoms with Gasteiger partial charge in [0.1, 0.15) is 18.3 Å². The molecule has 110 valence electrons. The van der Waals surface area contributed by atoms with Crippen molar-refractivity contribution in [2.45, 2.75) is 24.7 Å². The topological polar surface area (TPSA) is 96.0 Å². The van der Waals surface area contributed by atoms with Gasteiger partial charge in [0.25, 0.3) is 0 Å². The van der Waals surface area contributed by atoms with E-state index in [2.05, 4.69) is 0 Å². The van der Waals surface area contributed by atoms with Gasteiger partial charge in [-0.15, -0.1) is 0 Å². The zero-order chi connectivity index (χ0) is 14.6. The predicted octanol–water partition coefficient (Wildman–Crippen LogP) is 0.0796. The number of likely N-dealkylation sites (tertiary alicyclic amines) is 1. The number of aliphatic hydroxyl groups excluding tert-OH is 1. The van der Waals surface area contributed by atoms with E-state index < -0.39 is 17.8 Å². The normalized spacial score (nSPS) is 26.4. The SMILES string of the molecule is NCC1(O)CCN(C(=O)OCc2ccccc2)CC1O. The number of aliphatic hydroxyl groups is 2. The molecule has 2 rings (SSSR count). The highest BCUT2D eigenvalue weighted by atomic mass is 16.6. The number of nitrogens with two attached hydrogens (primary N) is 1. The third-order valence-electron chi connectivity index (χ3n) is 3.65. The van der Waals surface area contributed by atoms with Crippen LogP contribution in [0, 0.1) is 0 Å². The predicted molar refractivity (Wildman–Crippen MR) is 72.8 cm³/mol. The van der Waals surface area contributed by atoms with Gasteiger partial charge in [0.15, 0.2) is 0 Å². The molecule has 0 radical (unpaired) electrons. The Morgan fingerprint density at radius 1 is 1.45 bits per heavy atom. The second-order valence-corrected chi connectivity index (χ2v) is 5.06. The fraction of sp³-hybridized carbons (Fsp3) is 0.500. The summed E-state index contributed by atoms with van der Waals surface area (Å²) < 4.78 is 5.18. The van der Waals surface area contributed by atoms with Crippen molar-refractivity contribution in [3.05, 3.63) is 35.9 Å². The van der Waals surface area contributed by atoms with Gasteiger partial charge in [0.05, 0.1) is 6.54 Å². The van der Waals surface area contributed by atoms with Gasteiger partial charge < -0.3 is 25.6 Å². The Bertz CT molecular complexity index is 454. The van der Waals surface area contributed by atoms with Gasteiger partial charge in [-0.05, 0) is 12.0 Å². The van der Waals surface area contributed by atoms with Crippen LogP contribution >= 0.6 is 0 Å². The molecular weight excluding hydrogens is 260 g/mol. The molecule has 6 nitrogen and oxygen atoms in total. The number of hydrogen-bond donors (Lipinski definition) is 3. The lowest BCUT2D eigenvalue weighted by Crippen LogP contribution is -2.60. The van der Waals surface area contributed by atoms with E-state index in [1.54, 1.807) is 0 Å². The fourth-order valence-corrected chi connectivity index (χ4v) is 2.18. The van der Waals surface area contributed by atoms with E-state index in [0.29, 0.717) is 6.54 Å². The molecule has 1 aromatic rings. The number of piperidine rings is 1. The maximum Gasteiger partial charge on any atom is 0.410 e. The molecule has 0 aromatic heterocycles. The second-order valence-electron chi connectivity index (χ2n) is 5.06. The standard InChI is InChI=1S/C14H20N2O4/c15-10-14(19)6-7-16(8-12(14)17)13(18)20-9-11-4-2-1-3-5-11/h1-5,12,17,19H,6-10,15H2. The van der Waals surface area contributed by atoms with Crippen molar-refractivity contribution >= 4 is 6.09 Å². The van der Waals surface area contributed by atoms with Crippen LogP contribution in [-0.4, -0.2) is 52.5 Å². The van der Waals surface area contributed by atoms with Crippen molar-refractivity contribution in [3.8, 4) is 0 Å². The number of amides is 1. The number of rotatable bonds is 3. The molecule has 6 heteroatoms. The van der Waals surface area contributed by atoms with Crippen LogP contribution in [0.2, 0.25) is 0 Å². The Morgan fingerprint density at radius 2 is 2.15 bits per heavy atom.